The van der Waals surface area contributed by atoms with Crippen molar-refractivity contribution in [3.05, 3.63) is 35.4 Å². The molecule has 1 heterocycles. The van der Waals surface area contributed by atoms with Gasteiger partial charge in [-0.2, -0.15) is 0 Å². The zero-order valence-electron chi connectivity index (χ0n) is 11.8. The van der Waals surface area contributed by atoms with Crippen LogP contribution in [0.4, 0.5) is 0 Å². The molecule has 108 valence electrons. The maximum atomic E-state index is 12.2. The highest BCUT2D eigenvalue weighted by Gasteiger charge is 2.26. The molecule has 1 aromatic carbocycles. The van der Waals surface area contributed by atoms with Crippen LogP contribution in [-0.4, -0.2) is 50.2 Å². The van der Waals surface area contributed by atoms with E-state index in [9.17, 15) is 4.79 Å². The minimum absolute atomic E-state index is 0.122. The number of morpholine rings is 1. The van der Waals surface area contributed by atoms with Crippen molar-refractivity contribution in [2.45, 2.75) is 12.8 Å². The van der Waals surface area contributed by atoms with E-state index >= 15 is 0 Å². The van der Waals surface area contributed by atoms with Gasteiger partial charge in [-0.05, 0) is 24.0 Å². The van der Waals surface area contributed by atoms with Crippen molar-refractivity contribution in [2.75, 3.05) is 39.4 Å². The van der Waals surface area contributed by atoms with Gasteiger partial charge >= 0.3 is 0 Å². The first kappa shape index (κ1) is 13.6. The zero-order chi connectivity index (χ0) is 13.8. The van der Waals surface area contributed by atoms with Gasteiger partial charge in [0.2, 0.25) is 5.91 Å². The summed E-state index contributed by atoms with van der Waals surface area (Å²) in [5.41, 5.74) is 2.67. The van der Waals surface area contributed by atoms with Gasteiger partial charge in [0.1, 0.15) is 0 Å². The summed E-state index contributed by atoms with van der Waals surface area (Å²) in [7, 11) is 0. The second-order valence-corrected chi connectivity index (χ2v) is 5.62. The molecule has 0 unspecified atom stereocenters. The van der Waals surface area contributed by atoms with E-state index in [-0.39, 0.29) is 11.8 Å². The molecule has 0 aromatic heterocycles. The van der Waals surface area contributed by atoms with Crippen LogP contribution >= 0.6 is 0 Å². The molecule has 0 bridgehead atoms. The third kappa shape index (κ3) is 3.19. The van der Waals surface area contributed by atoms with E-state index in [0.29, 0.717) is 0 Å². The van der Waals surface area contributed by atoms with E-state index in [4.69, 9.17) is 4.74 Å². The summed E-state index contributed by atoms with van der Waals surface area (Å²) in [4.78, 5) is 14.5. The Hall–Kier alpha value is -1.39. The lowest BCUT2D eigenvalue weighted by Gasteiger charge is -2.26. The van der Waals surface area contributed by atoms with Crippen LogP contribution in [0.5, 0.6) is 0 Å². The lowest BCUT2D eigenvalue weighted by atomic mass is 10.1. The standard InChI is InChI=1S/C16H22N2O2/c19-16(17-5-6-18-7-9-20-10-8-18)15-11-13-3-1-2-4-14(13)12-15/h1-4,15H,5-12H2,(H,17,19). The summed E-state index contributed by atoms with van der Waals surface area (Å²) in [5.74, 6) is 0.326. The number of ether oxygens (including phenoxy) is 1. The Morgan fingerprint density at radius 1 is 1.20 bits per heavy atom. The highest BCUT2D eigenvalue weighted by Crippen LogP contribution is 2.26. The molecule has 2 aliphatic rings. The van der Waals surface area contributed by atoms with Crippen molar-refractivity contribution in [3.8, 4) is 0 Å². The summed E-state index contributed by atoms with van der Waals surface area (Å²) >= 11 is 0. The van der Waals surface area contributed by atoms with E-state index in [2.05, 4.69) is 34.5 Å². The molecule has 0 atom stereocenters. The molecule has 1 aliphatic carbocycles. The number of rotatable bonds is 4. The lowest BCUT2D eigenvalue weighted by molar-refractivity contribution is -0.124. The number of hydrogen-bond donors (Lipinski definition) is 1. The Morgan fingerprint density at radius 2 is 1.85 bits per heavy atom. The Kier molecular flexibility index (Phi) is 4.33. The van der Waals surface area contributed by atoms with E-state index in [1.165, 1.54) is 11.1 Å². The van der Waals surface area contributed by atoms with Crippen molar-refractivity contribution in [1.29, 1.82) is 0 Å². The SMILES string of the molecule is O=C(NCCN1CCOCC1)C1Cc2ccccc2C1. The zero-order valence-corrected chi connectivity index (χ0v) is 11.8. The van der Waals surface area contributed by atoms with E-state index in [1.54, 1.807) is 0 Å². The Morgan fingerprint density at radius 3 is 2.50 bits per heavy atom. The smallest absolute Gasteiger partial charge is 0.223 e. The highest BCUT2D eigenvalue weighted by molar-refractivity contribution is 5.80. The number of nitrogens with one attached hydrogen (secondary N) is 1. The topological polar surface area (TPSA) is 41.6 Å². The summed E-state index contributed by atoms with van der Waals surface area (Å²) in [6, 6.07) is 8.38. The molecule has 1 saturated heterocycles. The van der Waals surface area contributed by atoms with Crippen molar-refractivity contribution in [1.82, 2.24) is 10.2 Å². The van der Waals surface area contributed by atoms with Crippen LogP contribution in [0.2, 0.25) is 0 Å². The third-order valence-corrected chi connectivity index (χ3v) is 4.25. The Balaban J connectivity index is 1.42. The fraction of sp³-hybridized carbons (Fsp3) is 0.562. The summed E-state index contributed by atoms with van der Waals surface area (Å²) in [6.45, 7) is 5.24. The second kappa shape index (κ2) is 6.37. The lowest BCUT2D eigenvalue weighted by Crippen LogP contribution is -2.42. The number of carbonyl (C=O) groups is 1. The highest BCUT2D eigenvalue weighted by atomic mass is 16.5. The average molecular weight is 274 g/mol. The molecule has 4 nitrogen and oxygen atoms in total. The first-order chi connectivity index (χ1) is 9.83. The minimum Gasteiger partial charge on any atom is -0.379 e. The van der Waals surface area contributed by atoms with E-state index < -0.39 is 0 Å². The largest absolute Gasteiger partial charge is 0.379 e. The summed E-state index contributed by atoms with van der Waals surface area (Å²) < 4.78 is 5.32. The molecule has 1 fully saturated rings. The molecule has 1 amide bonds. The first-order valence-electron chi connectivity index (χ1n) is 7.47. The fourth-order valence-corrected chi connectivity index (χ4v) is 3.05. The van der Waals surface area contributed by atoms with Crippen LogP contribution in [0.3, 0.4) is 0 Å². The molecule has 0 saturated carbocycles. The van der Waals surface area contributed by atoms with Crippen LogP contribution < -0.4 is 5.32 Å². The minimum atomic E-state index is 0.122. The third-order valence-electron chi connectivity index (χ3n) is 4.25. The molecular formula is C16H22N2O2. The number of carbonyl (C=O) groups excluding carboxylic acids is 1. The average Bonchev–Trinajstić information content (AvgIpc) is 2.92. The maximum Gasteiger partial charge on any atom is 0.223 e. The number of benzene rings is 1. The number of fused-ring (bicyclic) bond motifs is 1. The van der Waals surface area contributed by atoms with Crippen LogP contribution in [0, 0.1) is 5.92 Å². The number of nitrogens with zero attached hydrogens (tertiary/aromatic N) is 1. The quantitative estimate of drug-likeness (QED) is 0.885. The van der Waals surface area contributed by atoms with Crippen molar-refractivity contribution < 1.29 is 9.53 Å². The van der Waals surface area contributed by atoms with Gasteiger partial charge in [0.25, 0.3) is 0 Å². The number of hydrogen-bond acceptors (Lipinski definition) is 3. The van der Waals surface area contributed by atoms with Gasteiger partial charge in [-0.1, -0.05) is 24.3 Å². The molecule has 3 rings (SSSR count). The monoisotopic (exact) mass is 274 g/mol. The molecule has 1 aromatic rings. The van der Waals surface area contributed by atoms with Crippen LogP contribution in [0.1, 0.15) is 11.1 Å². The Bertz CT molecular complexity index is 444. The maximum absolute atomic E-state index is 12.2. The van der Waals surface area contributed by atoms with Gasteiger partial charge in [-0.15, -0.1) is 0 Å². The van der Waals surface area contributed by atoms with Crippen LogP contribution in [-0.2, 0) is 22.4 Å². The van der Waals surface area contributed by atoms with Crippen molar-refractivity contribution in [3.63, 3.8) is 0 Å². The van der Waals surface area contributed by atoms with E-state index in [0.717, 1.165) is 52.2 Å². The van der Waals surface area contributed by atoms with Gasteiger partial charge in [-0.3, -0.25) is 9.69 Å². The molecular weight excluding hydrogens is 252 g/mol. The van der Waals surface area contributed by atoms with Gasteiger partial charge in [-0.25, -0.2) is 0 Å². The van der Waals surface area contributed by atoms with Gasteiger partial charge in [0, 0.05) is 32.1 Å². The summed E-state index contributed by atoms with van der Waals surface area (Å²) in [5, 5.41) is 3.09. The predicted octanol–water partition coefficient (Wildman–Crippen LogP) is 0.850. The van der Waals surface area contributed by atoms with Crippen LogP contribution in [0.15, 0.2) is 24.3 Å². The van der Waals surface area contributed by atoms with Crippen molar-refractivity contribution >= 4 is 5.91 Å². The molecule has 20 heavy (non-hydrogen) atoms. The van der Waals surface area contributed by atoms with Gasteiger partial charge in [0.15, 0.2) is 0 Å². The fourth-order valence-electron chi connectivity index (χ4n) is 3.05. The number of amides is 1. The molecule has 1 aliphatic heterocycles. The van der Waals surface area contributed by atoms with E-state index in [1.807, 2.05) is 0 Å². The Labute approximate surface area is 120 Å². The van der Waals surface area contributed by atoms with Crippen LogP contribution in [0.25, 0.3) is 0 Å². The predicted molar refractivity (Wildman–Crippen MR) is 77.6 cm³/mol. The second-order valence-electron chi connectivity index (χ2n) is 5.62. The summed E-state index contributed by atoms with van der Waals surface area (Å²) in [6.07, 6.45) is 1.78. The molecule has 0 spiro atoms. The normalized spacial score (nSPS) is 19.8. The first-order valence-corrected chi connectivity index (χ1v) is 7.47. The molecule has 4 heteroatoms. The van der Waals surface area contributed by atoms with Gasteiger partial charge < -0.3 is 10.1 Å². The molecule has 1 N–H and O–H groups in total. The molecule has 0 radical (unpaired) electrons. The van der Waals surface area contributed by atoms with Crippen molar-refractivity contribution in [2.24, 2.45) is 5.92 Å². The van der Waals surface area contributed by atoms with Gasteiger partial charge in [0.05, 0.1) is 13.2 Å².